The molecular weight excluding hydrogens is 444 g/mol. The lowest BCUT2D eigenvalue weighted by Crippen LogP contribution is -2.33. The van der Waals surface area contributed by atoms with E-state index in [1.807, 2.05) is 46.3 Å². The molecule has 2 aromatic carbocycles. The number of amides is 1. The van der Waals surface area contributed by atoms with E-state index in [-0.39, 0.29) is 0 Å². The van der Waals surface area contributed by atoms with Gasteiger partial charge in [-0.25, -0.2) is 4.79 Å². The smallest absolute Gasteiger partial charge is 0.335 e. The number of carbonyl (C=O) groups excluding carboxylic acids is 2. The molecule has 2 heterocycles. The Balaban J connectivity index is 1.47. The zero-order valence-corrected chi connectivity index (χ0v) is 18.8. The Hall–Kier alpha value is -3.43. The Morgan fingerprint density at radius 3 is 2.44 bits per heavy atom. The number of carbonyl (C=O) groups is 2. The molecule has 32 heavy (non-hydrogen) atoms. The first kappa shape index (κ1) is 21.8. The van der Waals surface area contributed by atoms with Gasteiger partial charge in [-0.2, -0.15) is 5.48 Å². The zero-order chi connectivity index (χ0) is 22.3. The van der Waals surface area contributed by atoms with Crippen molar-refractivity contribution in [3.8, 4) is 5.69 Å². The van der Waals surface area contributed by atoms with Gasteiger partial charge < -0.3 is 4.84 Å². The van der Waals surface area contributed by atoms with Crippen molar-refractivity contribution >= 4 is 35.0 Å². The van der Waals surface area contributed by atoms with Crippen LogP contribution >= 0.6 is 23.1 Å². The highest BCUT2D eigenvalue weighted by molar-refractivity contribution is 8.00. The van der Waals surface area contributed by atoms with Crippen LogP contribution in [0.4, 0.5) is 0 Å². The predicted octanol–water partition coefficient (Wildman–Crippen LogP) is 4.29. The minimum Gasteiger partial charge on any atom is -0.335 e. The number of rotatable bonds is 7. The van der Waals surface area contributed by atoms with Crippen LogP contribution in [0.5, 0.6) is 0 Å². The van der Waals surface area contributed by atoms with Crippen molar-refractivity contribution in [3.63, 3.8) is 0 Å². The topological polar surface area (TPSA) is 86.1 Å². The van der Waals surface area contributed by atoms with Crippen molar-refractivity contribution in [2.75, 3.05) is 0 Å². The molecule has 162 valence electrons. The molecular formula is C23H20N4O3S2. The van der Waals surface area contributed by atoms with E-state index >= 15 is 0 Å². The van der Waals surface area contributed by atoms with Gasteiger partial charge in [0, 0.05) is 17.0 Å². The van der Waals surface area contributed by atoms with Crippen LogP contribution in [-0.2, 0) is 16.1 Å². The third kappa shape index (κ3) is 5.24. The number of nitrogens with one attached hydrogen (secondary N) is 1. The average molecular weight is 465 g/mol. The van der Waals surface area contributed by atoms with Gasteiger partial charge in [-0.15, -0.1) is 21.5 Å². The van der Waals surface area contributed by atoms with E-state index in [0.717, 1.165) is 11.5 Å². The second kappa shape index (κ2) is 10.3. The van der Waals surface area contributed by atoms with Crippen LogP contribution in [0.25, 0.3) is 5.69 Å². The van der Waals surface area contributed by atoms with Crippen LogP contribution in [0.3, 0.4) is 0 Å². The van der Waals surface area contributed by atoms with Gasteiger partial charge in [-0.1, -0.05) is 54.2 Å². The summed E-state index contributed by atoms with van der Waals surface area (Å²) in [6, 6.07) is 22.3. The number of nitrogens with zero attached hydrogens (tertiary/aromatic N) is 3. The van der Waals surface area contributed by atoms with Gasteiger partial charge in [-0.05, 0) is 42.6 Å². The highest BCUT2D eigenvalue weighted by Crippen LogP contribution is 2.27. The Kier molecular flexibility index (Phi) is 6.98. The molecule has 1 atom stereocenters. The molecule has 1 unspecified atom stereocenters. The monoisotopic (exact) mass is 464 g/mol. The quantitative estimate of drug-likeness (QED) is 0.324. The fourth-order valence-electron chi connectivity index (χ4n) is 2.92. The van der Waals surface area contributed by atoms with Crippen molar-refractivity contribution in [2.45, 2.75) is 23.8 Å². The van der Waals surface area contributed by atoms with Crippen molar-refractivity contribution in [2.24, 2.45) is 0 Å². The van der Waals surface area contributed by atoms with Gasteiger partial charge in [0.1, 0.15) is 5.82 Å². The molecule has 0 aliphatic carbocycles. The maximum Gasteiger partial charge on any atom is 0.362 e. The van der Waals surface area contributed by atoms with Crippen LogP contribution in [-0.4, -0.2) is 31.9 Å². The van der Waals surface area contributed by atoms with Gasteiger partial charge in [0.25, 0.3) is 5.91 Å². The lowest BCUT2D eigenvalue weighted by Gasteiger charge is -2.13. The Morgan fingerprint density at radius 1 is 1.03 bits per heavy atom. The second-order valence-corrected chi connectivity index (χ2v) is 9.15. The largest absolute Gasteiger partial charge is 0.362 e. The summed E-state index contributed by atoms with van der Waals surface area (Å²) >= 11 is 2.90. The Bertz CT molecular complexity index is 1180. The summed E-state index contributed by atoms with van der Waals surface area (Å²) in [5.74, 6) is -0.284. The van der Waals surface area contributed by atoms with Gasteiger partial charge in [0.15, 0.2) is 5.16 Å². The maximum atomic E-state index is 12.5. The summed E-state index contributed by atoms with van der Waals surface area (Å²) in [5, 5.41) is 10.7. The van der Waals surface area contributed by atoms with E-state index in [1.54, 1.807) is 48.6 Å². The number of hydrogen-bond donors (Lipinski definition) is 1. The molecule has 7 nitrogen and oxygen atoms in total. The van der Waals surface area contributed by atoms with Crippen molar-refractivity contribution < 1.29 is 14.4 Å². The first-order valence-corrected chi connectivity index (χ1v) is 11.6. The predicted molar refractivity (Wildman–Crippen MR) is 124 cm³/mol. The van der Waals surface area contributed by atoms with E-state index in [2.05, 4.69) is 21.7 Å². The van der Waals surface area contributed by atoms with Gasteiger partial charge in [0.2, 0.25) is 0 Å². The van der Waals surface area contributed by atoms with Crippen LogP contribution < -0.4 is 5.48 Å². The van der Waals surface area contributed by atoms with Crippen LogP contribution in [0.15, 0.2) is 83.3 Å². The summed E-state index contributed by atoms with van der Waals surface area (Å²) in [4.78, 5) is 30.7. The van der Waals surface area contributed by atoms with Gasteiger partial charge in [-0.3, -0.25) is 9.36 Å². The molecule has 0 spiro atoms. The minimum absolute atomic E-state index is 0.357. The molecule has 1 amide bonds. The minimum atomic E-state index is -0.623. The van der Waals surface area contributed by atoms with Gasteiger partial charge >= 0.3 is 5.97 Å². The Morgan fingerprint density at radius 2 is 1.75 bits per heavy atom. The van der Waals surface area contributed by atoms with E-state index in [1.165, 1.54) is 16.6 Å². The SMILES string of the molecule is CC(Sc1nnc(Cc2cccs2)n1-c1ccccc1)C(=O)NOC(=O)c1ccccc1. The van der Waals surface area contributed by atoms with E-state index in [9.17, 15) is 9.59 Å². The number of para-hydroxylation sites is 1. The summed E-state index contributed by atoms with van der Waals surface area (Å²) in [6.07, 6.45) is 0.634. The van der Waals surface area contributed by atoms with E-state index in [0.29, 0.717) is 17.1 Å². The first-order valence-electron chi connectivity index (χ1n) is 9.86. The Labute approximate surface area is 193 Å². The highest BCUT2D eigenvalue weighted by Gasteiger charge is 2.22. The summed E-state index contributed by atoms with van der Waals surface area (Å²) in [6.45, 7) is 1.72. The fraction of sp³-hybridized carbons (Fsp3) is 0.130. The molecule has 0 saturated heterocycles. The molecule has 0 aliphatic rings. The zero-order valence-electron chi connectivity index (χ0n) is 17.2. The molecule has 0 bridgehead atoms. The number of benzene rings is 2. The second-order valence-electron chi connectivity index (χ2n) is 6.81. The molecule has 9 heteroatoms. The average Bonchev–Trinajstić information content (AvgIpc) is 3.48. The number of hydroxylamine groups is 1. The maximum absolute atomic E-state index is 12.5. The number of aromatic nitrogens is 3. The molecule has 0 fully saturated rings. The third-order valence-corrected chi connectivity index (χ3v) is 6.45. The van der Waals surface area contributed by atoms with Crippen LogP contribution in [0, 0.1) is 0 Å². The van der Waals surface area contributed by atoms with E-state index in [4.69, 9.17) is 4.84 Å². The van der Waals surface area contributed by atoms with Crippen LogP contribution in [0.2, 0.25) is 0 Å². The third-order valence-electron chi connectivity index (χ3n) is 4.53. The first-order chi connectivity index (χ1) is 15.6. The van der Waals surface area contributed by atoms with Crippen molar-refractivity contribution in [3.05, 3.63) is 94.4 Å². The molecule has 4 rings (SSSR count). The summed E-state index contributed by atoms with van der Waals surface area (Å²) < 4.78 is 1.95. The molecule has 1 N–H and O–H groups in total. The highest BCUT2D eigenvalue weighted by atomic mass is 32.2. The lowest BCUT2D eigenvalue weighted by atomic mass is 10.2. The van der Waals surface area contributed by atoms with Crippen molar-refractivity contribution in [1.29, 1.82) is 0 Å². The fourth-order valence-corrected chi connectivity index (χ4v) is 4.50. The number of thioether (sulfide) groups is 1. The normalized spacial score (nSPS) is 11.7. The summed E-state index contributed by atoms with van der Waals surface area (Å²) in [5.41, 5.74) is 3.51. The molecule has 4 aromatic rings. The molecule has 2 aromatic heterocycles. The molecule has 0 radical (unpaired) electrons. The van der Waals surface area contributed by atoms with E-state index < -0.39 is 17.1 Å². The number of thiophene rings is 1. The summed E-state index contributed by atoms with van der Waals surface area (Å²) in [7, 11) is 0. The van der Waals surface area contributed by atoms with Crippen LogP contribution in [0.1, 0.15) is 28.0 Å². The van der Waals surface area contributed by atoms with Gasteiger partial charge in [0.05, 0.1) is 10.8 Å². The molecule has 0 aliphatic heterocycles. The standard InChI is InChI=1S/C23H20N4O3S2/c1-16(21(28)26-30-22(29)17-9-4-2-5-10-17)32-23-25-24-20(15-19-13-8-14-31-19)27(23)18-11-6-3-7-12-18/h2-14,16H,15H2,1H3,(H,26,28). The van der Waals surface area contributed by atoms with Crippen molar-refractivity contribution in [1.82, 2.24) is 20.2 Å². The molecule has 0 saturated carbocycles. The lowest BCUT2D eigenvalue weighted by molar-refractivity contribution is -0.129. The number of hydrogen-bond acceptors (Lipinski definition) is 7.